The molecule has 0 saturated carbocycles. The molecule has 0 radical (unpaired) electrons. The number of hydrogen-bond donors (Lipinski definition) is 1. The van der Waals surface area contributed by atoms with Crippen molar-refractivity contribution in [1.29, 1.82) is 0 Å². The maximum atomic E-state index is 12.2. The zero-order chi connectivity index (χ0) is 15.4. The van der Waals surface area contributed by atoms with Crippen molar-refractivity contribution in [3.8, 4) is 0 Å². The van der Waals surface area contributed by atoms with E-state index in [1.807, 2.05) is 24.4 Å². The fourth-order valence-corrected chi connectivity index (χ4v) is 4.05. The quantitative estimate of drug-likeness (QED) is 0.853. The average molecular weight is 336 g/mol. The van der Waals surface area contributed by atoms with E-state index in [9.17, 15) is 4.79 Å². The molecule has 1 amide bonds. The lowest BCUT2D eigenvalue weighted by molar-refractivity contribution is -0.120. The molecule has 1 aliphatic heterocycles. The third-order valence-electron chi connectivity index (χ3n) is 3.74. The van der Waals surface area contributed by atoms with E-state index >= 15 is 0 Å². The van der Waals surface area contributed by atoms with Gasteiger partial charge in [-0.15, -0.1) is 21.5 Å². The number of aromatic nitrogens is 3. The Kier molecular flexibility index (Phi) is 5.15. The number of aryl methyl sites for hydroxylation is 1. The van der Waals surface area contributed by atoms with Crippen LogP contribution in [0, 0.1) is 0 Å². The summed E-state index contributed by atoms with van der Waals surface area (Å²) in [6.45, 7) is 3.49. The Bertz CT molecular complexity index is 624. The van der Waals surface area contributed by atoms with Crippen LogP contribution in [0.5, 0.6) is 0 Å². The first-order valence-electron chi connectivity index (χ1n) is 7.63. The van der Waals surface area contributed by atoms with E-state index in [-0.39, 0.29) is 11.2 Å². The highest BCUT2D eigenvalue weighted by Gasteiger charge is 2.20. The number of thioether (sulfide) groups is 1. The van der Waals surface area contributed by atoms with Crippen LogP contribution in [-0.4, -0.2) is 25.9 Å². The Morgan fingerprint density at radius 1 is 1.45 bits per heavy atom. The van der Waals surface area contributed by atoms with Gasteiger partial charge in [-0.05, 0) is 31.2 Å². The zero-order valence-electron chi connectivity index (χ0n) is 12.6. The summed E-state index contributed by atoms with van der Waals surface area (Å²) in [5, 5.41) is 14.3. The van der Waals surface area contributed by atoms with Gasteiger partial charge >= 0.3 is 0 Å². The minimum absolute atomic E-state index is 0.0457. The first kappa shape index (κ1) is 15.6. The summed E-state index contributed by atoms with van der Waals surface area (Å²) < 4.78 is 2.18. The third kappa shape index (κ3) is 3.70. The lowest BCUT2D eigenvalue weighted by Gasteiger charge is -2.12. The van der Waals surface area contributed by atoms with E-state index in [4.69, 9.17) is 0 Å². The molecule has 3 heterocycles. The molecule has 0 bridgehead atoms. The van der Waals surface area contributed by atoms with Gasteiger partial charge in [-0.1, -0.05) is 24.2 Å². The maximum absolute atomic E-state index is 12.2. The predicted molar refractivity (Wildman–Crippen MR) is 89.1 cm³/mol. The van der Waals surface area contributed by atoms with Crippen molar-refractivity contribution in [2.24, 2.45) is 0 Å². The number of nitrogens with zero attached hydrogens (tertiary/aromatic N) is 3. The molecule has 0 fully saturated rings. The molecular formula is C15H20N4OS2. The highest BCUT2D eigenvalue weighted by Crippen LogP contribution is 2.25. The van der Waals surface area contributed by atoms with Crippen LogP contribution in [0.1, 0.15) is 36.9 Å². The van der Waals surface area contributed by atoms with Gasteiger partial charge < -0.3 is 9.88 Å². The van der Waals surface area contributed by atoms with E-state index in [2.05, 4.69) is 20.1 Å². The van der Waals surface area contributed by atoms with Crippen LogP contribution in [0.3, 0.4) is 0 Å². The second kappa shape index (κ2) is 7.28. The lowest BCUT2D eigenvalue weighted by Crippen LogP contribution is -2.30. The molecule has 1 aliphatic rings. The van der Waals surface area contributed by atoms with Crippen molar-refractivity contribution in [2.75, 3.05) is 0 Å². The average Bonchev–Trinajstić information content (AvgIpc) is 3.10. The molecule has 2 aromatic rings. The normalized spacial score (nSPS) is 15.9. The summed E-state index contributed by atoms with van der Waals surface area (Å²) >= 11 is 3.16. The summed E-state index contributed by atoms with van der Waals surface area (Å²) in [6, 6.07) is 4.02. The van der Waals surface area contributed by atoms with Gasteiger partial charge in [0.05, 0.1) is 11.8 Å². The standard InChI is InChI=1S/C15H20N4OS2/c1-11(14(20)16-10-12-6-5-9-21-12)22-15-18-17-13-7-3-2-4-8-19(13)15/h5-6,9,11H,2-4,7-8,10H2,1H3,(H,16,20)/t11-/m1/s1. The molecule has 5 nitrogen and oxygen atoms in total. The van der Waals surface area contributed by atoms with Crippen molar-refractivity contribution in [2.45, 2.75) is 56.1 Å². The van der Waals surface area contributed by atoms with Crippen LogP contribution in [0.15, 0.2) is 22.7 Å². The second-order valence-electron chi connectivity index (χ2n) is 5.42. The molecule has 7 heteroatoms. The summed E-state index contributed by atoms with van der Waals surface area (Å²) in [5.74, 6) is 1.11. The molecule has 0 aromatic carbocycles. The largest absolute Gasteiger partial charge is 0.350 e. The van der Waals surface area contributed by atoms with Crippen LogP contribution >= 0.6 is 23.1 Å². The molecule has 0 saturated heterocycles. The number of carbonyl (C=O) groups is 1. The van der Waals surface area contributed by atoms with Gasteiger partial charge in [-0.25, -0.2) is 0 Å². The molecule has 0 unspecified atom stereocenters. The number of carbonyl (C=O) groups excluding carboxylic acids is 1. The first-order valence-corrected chi connectivity index (χ1v) is 9.39. The van der Waals surface area contributed by atoms with Crippen molar-refractivity contribution in [1.82, 2.24) is 20.1 Å². The van der Waals surface area contributed by atoms with E-state index in [1.54, 1.807) is 11.3 Å². The molecule has 1 N–H and O–H groups in total. The van der Waals surface area contributed by atoms with Crippen LogP contribution in [0.2, 0.25) is 0 Å². The monoisotopic (exact) mass is 336 g/mol. The SMILES string of the molecule is C[C@@H](Sc1nnc2n1CCCCC2)C(=O)NCc1cccs1. The minimum Gasteiger partial charge on any atom is -0.350 e. The van der Waals surface area contributed by atoms with E-state index in [0.717, 1.165) is 30.4 Å². The van der Waals surface area contributed by atoms with E-state index < -0.39 is 0 Å². The predicted octanol–water partition coefficient (Wildman–Crippen LogP) is 2.86. The molecule has 0 aliphatic carbocycles. The highest BCUT2D eigenvalue weighted by atomic mass is 32.2. The van der Waals surface area contributed by atoms with Gasteiger partial charge in [-0.3, -0.25) is 4.79 Å². The zero-order valence-corrected chi connectivity index (χ0v) is 14.3. The summed E-state index contributed by atoms with van der Waals surface area (Å²) in [5.41, 5.74) is 0. The number of thiophene rings is 1. The number of rotatable bonds is 5. The van der Waals surface area contributed by atoms with Gasteiger partial charge in [-0.2, -0.15) is 0 Å². The smallest absolute Gasteiger partial charge is 0.233 e. The van der Waals surface area contributed by atoms with Gasteiger partial charge in [0.15, 0.2) is 5.16 Å². The first-order chi connectivity index (χ1) is 10.7. The Hall–Kier alpha value is -1.34. The van der Waals surface area contributed by atoms with Crippen molar-refractivity contribution >= 4 is 29.0 Å². The van der Waals surface area contributed by atoms with Crippen molar-refractivity contribution in [3.05, 3.63) is 28.2 Å². The van der Waals surface area contributed by atoms with Gasteiger partial charge in [0, 0.05) is 17.8 Å². The van der Waals surface area contributed by atoms with Gasteiger partial charge in [0.2, 0.25) is 5.91 Å². The molecular weight excluding hydrogens is 316 g/mol. The molecule has 22 heavy (non-hydrogen) atoms. The Labute approximate surface area is 138 Å². The van der Waals surface area contributed by atoms with Crippen molar-refractivity contribution in [3.63, 3.8) is 0 Å². The minimum atomic E-state index is -0.170. The molecule has 0 spiro atoms. The second-order valence-corrected chi connectivity index (χ2v) is 7.76. The van der Waals surface area contributed by atoms with Crippen molar-refractivity contribution < 1.29 is 4.79 Å². The number of hydrogen-bond acceptors (Lipinski definition) is 5. The highest BCUT2D eigenvalue weighted by molar-refractivity contribution is 8.00. The Morgan fingerprint density at radius 2 is 2.36 bits per heavy atom. The van der Waals surface area contributed by atoms with Gasteiger partial charge in [0.1, 0.15) is 5.82 Å². The lowest BCUT2D eigenvalue weighted by atomic mass is 10.2. The fraction of sp³-hybridized carbons (Fsp3) is 0.533. The van der Waals surface area contributed by atoms with Crippen LogP contribution in [-0.2, 0) is 24.3 Å². The van der Waals surface area contributed by atoms with E-state index in [1.165, 1.54) is 29.5 Å². The molecule has 118 valence electrons. The third-order valence-corrected chi connectivity index (χ3v) is 5.70. The number of amides is 1. The van der Waals surface area contributed by atoms with Gasteiger partial charge in [0.25, 0.3) is 0 Å². The molecule has 1 atom stereocenters. The van der Waals surface area contributed by atoms with Crippen LogP contribution in [0.25, 0.3) is 0 Å². The molecule has 3 rings (SSSR count). The summed E-state index contributed by atoms with van der Waals surface area (Å²) in [4.78, 5) is 13.4. The van der Waals surface area contributed by atoms with Crippen LogP contribution < -0.4 is 5.32 Å². The number of fused-ring (bicyclic) bond motifs is 1. The Balaban J connectivity index is 1.58. The molecule has 2 aromatic heterocycles. The summed E-state index contributed by atoms with van der Waals surface area (Å²) in [6.07, 6.45) is 4.58. The maximum Gasteiger partial charge on any atom is 0.233 e. The number of nitrogens with one attached hydrogen (secondary N) is 1. The fourth-order valence-electron chi connectivity index (χ4n) is 2.49. The Morgan fingerprint density at radius 3 is 3.18 bits per heavy atom. The van der Waals surface area contributed by atoms with E-state index in [0.29, 0.717) is 6.54 Å². The van der Waals surface area contributed by atoms with Crippen LogP contribution in [0.4, 0.5) is 0 Å². The topological polar surface area (TPSA) is 59.8 Å². The summed E-state index contributed by atoms with van der Waals surface area (Å²) in [7, 11) is 0.